The van der Waals surface area contributed by atoms with E-state index < -0.39 is 30.8 Å². The highest BCUT2D eigenvalue weighted by Crippen LogP contribution is 2.26. The van der Waals surface area contributed by atoms with E-state index in [0.717, 1.165) is 31.5 Å². The number of aryl methyl sites for hydroxylation is 1. The fourth-order valence-corrected chi connectivity index (χ4v) is 3.45. The summed E-state index contributed by atoms with van der Waals surface area (Å²) in [4.78, 5) is 26.6. The highest BCUT2D eigenvalue weighted by molar-refractivity contribution is 5.98. The van der Waals surface area contributed by atoms with Gasteiger partial charge in [0.25, 0.3) is 11.8 Å². The Hall–Kier alpha value is -2.02. The Morgan fingerprint density at radius 1 is 1.27 bits per heavy atom. The number of halogens is 2. The molecule has 2 amide bonds. The zero-order valence-electron chi connectivity index (χ0n) is 15.1. The molecule has 2 aliphatic heterocycles. The van der Waals surface area contributed by atoms with E-state index in [4.69, 9.17) is 0 Å². The van der Waals surface area contributed by atoms with Gasteiger partial charge in [0.15, 0.2) is 0 Å². The molecule has 1 atom stereocenters. The summed E-state index contributed by atoms with van der Waals surface area (Å²) in [6.07, 6.45) is 1.53. The summed E-state index contributed by atoms with van der Waals surface area (Å²) in [6.45, 7) is 5.03. The topological polar surface area (TPSA) is 61.4 Å². The van der Waals surface area contributed by atoms with Gasteiger partial charge in [-0.3, -0.25) is 14.9 Å². The number of rotatable bonds is 3. The van der Waals surface area contributed by atoms with Crippen molar-refractivity contribution in [1.29, 1.82) is 0 Å². The second-order valence-electron chi connectivity index (χ2n) is 7.49. The van der Waals surface area contributed by atoms with Crippen molar-refractivity contribution in [2.24, 2.45) is 5.92 Å². The van der Waals surface area contributed by atoms with E-state index >= 15 is 0 Å². The SMILES string of the molecule is Cc1cc(C(=O)N2CCC(C)CC2)ccc1NC(=O)C1CC(F)(F)CN1. The number of nitrogens with one attached hydrogen (secondary N) is 2. The number of alkyl halides is 2. The van der Waals surface area contributed by atoms with Gasteiger partial charge in [0, 0.05) is 30.8 Å². The Balaban J connectivity index is 1.64. The van der Waals surface area contributed by atoms with Crippen LogP contribution in [-0.2, 0) is 4.79 Å². The second-order valence-corrected chi connectivity index (χ2v) is 7.49. The van der Waals surface area contributed by atoms with Gasteiger partial charge in [-0.2, -0.15) is 0 Å². The number of nitrogens with zero attached hydrogens (tertiary/aromatic N) is 1. The lowest BCUT2D eigenvalue weighted by Gasteiger charge is -2.30. The van der Waals surface area contributed by atoms with Gasteiger partial charge in [0.05, 0.1) is 12.6 Å². The van der Waals surface area contributed by atoms with Crippen LogP contribution in [0.25, 0.3) is 0 Å². The summed E-state index contributed by atoms with van der Waals surface area (Å²) in [5.74, 6) is -2.68. The lowest BCUT2D eigenvalue weighted by Crippen LogP contribution is -2.38. The van der Waals surface area contributed by atoms with Gasteiger partial charge in [-0.15, -0.1) is 0 Å². The molecule has 0 aromatic heterocycles. The Morgan fingerprint density at radius 2 is 1.96 bits per heavy atom. The number of hydrogen-bond acceptors (Lipinski definition) is 3. The smallest absolute Gasteiger partial charge is 0.262 e. The van der Waals surface area contributed by atoms with Crippen molar-refractivity contribution >= 4 is 17.5 Å². The van der Waals surface area contributed by atoms with Crippen LogP contribution >= 0.6 is 0 Å². The Morgan fingerprint density at radius 3 is 2.54 bits per heavy atom. The molecule has 2 aliphatic rings. The van der Waals surface area contributed by atoms with E-state index in [1.807, 2.05) is 4.90 Å². The van der Waals surface area contributed by atoms with Gasteiger partial charge in [0.2, 0.25) is 5.91 Å². The molecular weight excluding hydrogens is 340 g/mol. The van der Waals surface area contributed by atoms with Crippen molar-refractivity contribution in [2.75, 3.05) is 25.0 Å². The maximum atomic E-state index is 13.2. The van der Waals surface area contributed by atoms with Gasteiger partial charge in [0.1, 0.15) is 0 Å². The molecule has 1 aromatic carbocycles. The van der Waals surface area contributed by atoms with Crippen molar-refractivity contribution in [3.8, 4) is 0 Å². The first-order valence-electron chi connectivity index (χ1n) is 9.07. The quantitative estimate of drug-likeness (QED) is 0.866. The number of likely N-dealkylation sites (tertiary alicyclic amines) is 1. The number of amides is 2. The molecule has 0 saturated carbocycles. The van der Waals surface area contributed by atoms with Crippen LogP contribution in [0.5, 0.6) is 0 Å². The monoisotopic (exact) mass is 365 g/mol. The molecule has 7 heteroatoms. The van der Waals surface area contributed by atoms with Crippen LogP contribution < -0.4 is 10.6 Å². The van der Waals surface area contributed by atoms with Crippen molar-refractivity contribution in [3.63, 3.8) is 0 Å². The van der Waals surface area contributed by atoms with Crippen LogP contribution in [0.3, 0.4) is 0 Å². The maximum absolute atomic E-state index is 13.2. The molecule has 1 aromatic rings. The molecule has 0 spiro atoms. The average molecular weight is 365 g/mol. The van der Waals surface area contributed by atoms with E-state index in [2.05, 4.69) is 17.6 Å². The van der Waals surface area contributed by atoms with Crippen LogP contribution in [0.15, 0.2) is 18.2 Å². The van der Waals surface area contributed by atoms with E-state index in [1.165, 1.54) is 0 Å². The van der Waals surface area contributed by atoms with Crippen LogP contribution in [0, 0.1) is 12.8 Å². The van der Waals surface area contributed by atoms with E-state index in [1.54, 1.807) is 25.1 Å². The standard InChI is InChI=1S/C19H25F2N3O2/c1-12-5-7-24(8-6-12)18(26)14-3-4-15(13(2)9-14)23-17(25)16-10-19(20,21)11-22-16/h3-4,9,12,16,22H,5-8,10-11H2,1-2H3,(H,23,25). The van der Waals surface area contributed by atoms with Gasteiger partial charge >= 0.3 is 0 Å². The second kappa shape index (κ2) is 7.31. The van der Waals surface area contributed by atoms with Gasteiger partial charge in [-0.25, -0.2) is 8.78 Å². The van der Waals surface area contributed by atoms with Crippen molar-refractivity contribution in [2.45, 2.75) is 45.1 Å². The molecule has 26 heavy (non-hydrogen) atoms. The molecule has 2 heterocycles. The van der Waals surface area contributed by atoms with E-state index in [0.29, 0.717) is 17.2 Å². The number of carbonyl (C=O) groups excluding carboxylic acids is 2. The predicted molar refractivity (Wildman–Crippen MR) is 95.5 cm³/mol. The average Bonchev–Trinajstić information content (AvgIpc) is 2.97. The molecule has 5 nitrogen and oxygen atoms in total. The molecule has 0 aliphatic carbocycles. The first-order chi connectivity index (χ1) is 12.2. The minimum atomic E-state index is -2.85. The van der Waals surface area contributed by atoms with Crippen LogP contribution in [0.4, 0.5) is 14.5 Å². The van der Waals surface area contributed by atoms with Crippen LogP contribution in [0.2, 0.25) is 0 Å². The largest absolute Gasteiger partial charge is 0.339 e. The summed E-state index contributed by atoms with van der Waals surface area (Å²) in [7, 11) is 0. The van der Waals surface area contributed by atoms with Crippen LogP contribution in [-0.4, -0.2) is 48.3 Å². The predicted octanol–water partition coefficient (Wildman–Crippen LogP) is 2.80. The summed E-state index contributed by atoms with van der Waals surface area (Å²) in [5, 5.41) is 5.22. The highest BCUT2D eigenvalue weighted by Gasteiger charge is 2.42. The van der Waals surface area contributed by atoms with Crippen molar-refractivity contribution in [3.05, 3.63) is 29.3 Å². The Bertz CT molecular complexity index is 700. The minimum Gasteiger partial charge on any atom is -0.339 e. The third-order valence-corrected chi connectivity index (χ3v) is 5.23. The molecule has 2 N–H and O–H groups in total. The van der Waals surface area contributed by atoms with Gasteiger partial charge in [-0.05, 0) is 49.4 Å². The van der Waals surface area contributed by atoms with E-state index in [-0.39, 0.29) is 5.91 Å². The molecule has 0 radical (unpaired) electrons. The fraction of sp³-hybridized carbons (Fsp3) is 0.579. The number of benzene rings is 1. The molecule has 0 bridgehead atoms. The number of piperidine rings is 1. The molecule has 142 valence electrons. The number of anilines is 1. The summed E-state index contributed by atoms with van der Waals surface area (Å²) < 4.78 is 26.5. The minimum absolute atomic E-state index is 0.00465. The Kier molecular flexibility index (Phi) is 5.27. The summed E-state index contributed by atoms with van der Waals surface area (Å²) in [5.41, 5.74) is 1.86. The summed E-state index contributed by atoms with van der Waals surface area (Å²) >= 11 is 0. The fourth-order valence-electron chi connectivity index (χ4n) is 3.45. The lowest BCUT2D eigenvalue weighted by atomic mass is 9.98. The van der Waals surface area contributed by atoms with Crippen LogP contribution in [0.1, 0.15) is 42.1 Å². The van der Waals surface area contributed by atoms with Gasteiger partial charge < -0.3 is 10.2 Å². The first kappa shape index (κ1) is 18.8. The molecule has 3 rings (SSSR count). The molecule has 2 saturated heterocycles. The van der Waals surface area contributed by atoms with Crippen molar-refractivity contribution in [1.82, 2.24) is 10.2 Å². The normalized spacial score (nSPS) is 23.1. The zero-order chi connectivity index (χ0) is 18.9. The molecular formula is C19H25F2N3O2. The van der Waals surface area contributed by atoms with Gasteiger partial charge in [-0.1, -0.05) is 6.92 Å². The maximum Gasteiger partial charge on any atom is 0.262 e. The van der Waals surface area contributed by atoms with Crippen molar-refractivity contribution < 1.29 is 18.4 Å². The third-order valence-electron chi connectivity index (χ3n) is 5.23. The molecule has 2 fully saturated rings. The number of hydrogen-bond donors (Lipinski definition) is 2. The Labute approximate surface area is 152 Å². The number of carbonyl (C=O) groups is 2. The summed E-state index contributed by atoms with van der Waals surface area (Å²) in [6, 6.07) is 4.19. The lowest BCUT2D eigenvalue weighted by molar-refractivity contribution is -0.118. The third kappa shape index (κ3) is 4.20. The molecule has 1 unspecified atom stereocenters. The van der Waals surface area contributed by atoms with E-state index in [9.17, 15) is 18.4 Å². The zero-order valence-corrected chi connectivity index (χ0v) is 15.1. The highest BCUT2D eigenvalue weighted by atomic mass is 19.3. The first-order valence-corrected chi connectivity index (χ1v) is 9.07.